The van der Waals surface area contributed by atoms with Crippen molar-refractivity contribution in [1.29, 1.82) is 0 Å². The van der Waals surface area contributed by atoms with Crippen molar-refractivity contribution in [3.8, 4) is 0 Å². The van der Waals surface area contributed by atoms with Crippen LogP contribution in [-0.4, -0.2) is 25.0 Å². The van der Waals surface area contributed by atoms with Crippen LogP contribution in [0.1, 0.15) is 0 Å². The first-order valence-electron chi connectivity index (χ1n) is 4.08. The molecular formula is C8H3Cl2N5. The normalized spacial score (nSPS) is 11.3. The summed E-state index contributed by atoms with van der Waals surface area (Å²) in [5.41, 5.74) is 1.86. The van der Waals surface area contributed by atoms with Gasteiger partial charge in [0.05, 0.1) is 11.0 Å². The molecule has 74 valence electrons. The second-order valence-corrected chi connectivity index (χ2v) is 3.74. The molecule has 2 heterocycles. The lowest BCUT2D eigenvalue weighted by molar-refractivity contribution is 0.841. The summed E-state index contributed by atoms with van der Waals surface area (Å²) >= 11 is 11.8. The minimum atomic E-state index is 0.259. The Morgan fingerprint density at radius 1 is 1.20 bits per heavy atom. The molecule has 0 N–H and O–H groups in total. The zero-order valence-corrected chi connectivity index (χ0v) is 8.74. The number of hydrogen-bond acceptors (Lipinski definition) is 4. The van der Waals surface area contributed by atoms with Crippen molar-refractivity contribution in [3.05, 3.63) is 28.4 Å². The molecule has 0 aliphatic carbocycles. The Labute approximate surface area is 93.6 Å². The maximum absolute atomic E-state index is 5.91. The predicted octanol–water partition coefficient (Wildman–Crippen LogP) is 1.98. The average Bonchev–Trinajstić information content (AvgIpc) is 2.66. The van der Waals surface area contributed by atoms with Crippen LogP contribution in [0.3, 0.4) is 0 Å². The topological polar surface area (TPSA) is 56.0 Å². The van der Waals surface area contributed by atoms with Crippen molar-refractivity contribution in [1.82, 2.24) is 25.0 Å². The van der Waals surface area contributed by atoms with Gasteiger partial charge in [-0.05, 0) is 28.6 Å². The third kappa shape index (κ3) is 1.24. The summed E-state index contributed by atoms with van der Waals surface area (Å²) in [6.07, 6.45) is 0. The van der Waals surface area contributed by atoms with E-state index in [0.717, 1.165) is 5.52 Å². The van der Waals surface area contributed by atoms with Gasteiger partial charge in [0.15, 0.2) is 5.15 Å². The van der Waals surface area contributed by atoms with Crippen LogP contribution in [0.15, 0.2) is 18.2 Å². The average molecular weight is 240 g/mol. The fourth-order valence-electron chi connectivity index (χ4n) is 1.40. The van der Waals surface area contributed by atoms with Gasteiger partial charge in [-0.2, -0.15) is 4.52 Å². The molecule has 0 fully saturated rings. The van der Waals surface area contributed by atoms with Crippen molar-refractivity contribution in [2.45, 2.75) is 0 Å². The highest BCUT2D eigenvalue weighted by atomic mass is 35.5. The number of aromatic nitrogens is 5. The van der Waals surface area contributed by atoms with Crippen molar-refractivity contribution < 1.29 is 0 Å². The third-order valence-electron chi connectivity index (χ3n) is 2.04. The van der Waals surface area contributed by atoms with E-state index in [4.69, 9.17) is 23.2 Å². The van der Waals surface area contributed by atoms with Gasteiger partial charge < -0.3 is 0 Å². The summed E-state index contributed by atoms with van der Waals surface area (Å²) in [6.45, 7) is 0. The van der Waals surface area contributed by atoms with Crippen LogP contribution in [-0.2, 0) is 0 Å². The Morgan fingerprint density at radius 3 is 2.93 bits per heavy atom. The van der Waals surface area contributed by atoms with Gasteiger partial charge in [-0.3, -0.25) is 0 Å². The van der Waals surface area contributed by atoms with Gasteiger partial charge >= 0.3 is 0 Å². The van der Waals surface area contributed by atoms with Gasteiger partial charge in [0, 0.05) is 5.02 Å². The standard InChI is InChI=1S/C8H3Cl2N5/c9-4-1-2-6-5(3-4)11-7(10)8-12-13-14-15(6)8/h1-3H. The number of benzene rings is 1. The number of fused-ring (bicyclic) bond motifs is 3. The molecule has 15 heavy (non-hydrogen) atoms. The fourth-order valence-corrected chi connectivity index (χ4v) is 1.77. The monoisotopic (exact) mass is 239 g/mol. The molecule has 5 nitrogen and oxygen atoms in total. The molecule has 3 rings (SSSR count). The molecule has 0 saturated carbocycles. The van der Waals surface area contributed by atoms with Gasteiger partial charge in [-0.1, -0.05) is 23.2 Å². The SMILES string of the molecule is Clc1ccc2c(c1)nc(Cl)c1nnnn12. The van der Waals surface area contributed by atoms with E-state index < -0.39 is 0 Å². The Kier molecular flexibility index (Phi) is 1.77. The van der Waals surface area contributed by atoms with E-state index in [1.807, 2.05) is 0 Å². The summed E-state index contributed by atoms with van der Waals surface area (Å²) in [6, 6.07) is 5.26. The molecule has 2 aromatic heterocycles. The molecule has 0 aliphatic rings. The van der Waals surface area contributed by atoms with Crippen molar-refractivity contribution in [3.63, 3.8) is 0 Å². The summed E-state index contributed by atoms with van der Waals surface area (Å²) < 4.78 is 1.53. The van der Waals surface area contributed by atoms with Gasteiger partial charge in [0.1, 0.15) is 0 Å². The predicted molar refractivity (Wildman–Crippen MR) is 56.1 cm³/mol. The third-order valence-corrected chi connectivity index (χ3v) is 2.53. The van der Waals surface area contributed by atoms with Crippen LogP contribution in [0, 0.1) is 0 Å². The smallest absolute Gasteiger partial charge is 0.217 e. The van der Waals surface area contributed by atoms with Crippen LogP contribution in [0.25, 0.3) is 16.7 Å². The maximum atomic E-state index is 5.91. The summed E-state index contributed by atoms with van der Waals surface area (Å²) in [5.74, 6) is 0. The van der Waals surface area contributed by atoms with E-state index in [2.05, 4.69) is 20.5 Å². The second kappa shape index (κ2) is 3.01. The number of hydrogen-bond donors (Lipinski definition) is 0. The van der Waals surface area contributed by atoms with E-state index >= 15 is 0 Å². The largest absolute Gasteiger partial charge is 0.230 e. The van der Waals surface area contributed by atoms with Gasteiger partial charge in [0.25, 0.3) is 0 Å². The van der Waals surface area contributed by atoms with E-state index in [1.54, 1.807) is 18.2 Å². The first-order chi connectivity index (χ1) is 7.25. The van der Waals surface area contributed by atoms with Gasteiger partial charge in [0.2, 0.25) is 5.65 Å². The molecule has 0 saturated heterocycles. The quantitative estimate of drug-likeness (QED) is 0.602. The molecule has 0 radical (unpaired) electrons. The first-order valence-corrected chi connectivity index (χ1v) is 4.84. The van der Waals surface area contributed by atoms with Crippen molar-refractivity contribution in [2.24, 2.45) is 0 Å². The van der Waals surface area contributed by atoms with Crippen molar-refractivity contribution in [2.75, 3.05) is 0 Å². The zero-order valence-electron chi connectivity index (χ0n) is 7.22. The Morgan fingerprint density at radius 2 is 2.07 bits per heavy atom. The summed E-state index contributed by atoms with van der Waals surface area (Å²) in [4.78, 5) is 4.15. The second-order valence-electron chi connectivity index (χ2n) is 2.95. The van der Waals surface area contributed by atoms with Crippen LogP contribution in [0.4, 0.5) is 0 Å². The van der Waals surface area contributed by atoms with Crippen LogP contribution in [0.2, 0.25) is 10.2 Å². The molecule has 0 amide bonds. The Hall–Kier alpha value is -1.46. The highest BCUT2D eigenvalue weighted by Gasteiger charge is 2.09. The molecule has 0 atom stereocenters. The van der Waals surface area contributed by atoms with E-state index in [9.17, 15) is 0 Å². The molecule has 0 aliphatic heterocycles. The van der Waals surface area contributed by atoms with Crippen LogP contribution >= 0.6 is 23.2 Å². The van der Waals surface area contributed by atoms with E-state index in [0.29, 0.717) is 16.2 Å². The van der Waals surface area contributed by atoms with Gasteiger partial charge in [-0.15, -0.1) is 5.10 Å². The molecule has 1 aromatic carbocycles. The van der Waals surface area contributed by atoms with E-state index in [1.165, 1.54) is 4.52 Å². The molecule has 0 unspecified atom stereocenters. The highest BCUT2D eigenvalue weighted by Crippen LogP contribution is 2.21. The summed E-state index contributed by atoms with van der Waals surface area (Å²) in [5, 5.41) is 12.0. The number of nitrogens with zero attached hydrogens (tertiary/aromatic N) is 5. The molecule has 0 bridgehead atoms. The highest BCUT2D eigenvalue weighted by molar-refractivity contribution is 6.33. The van der Waals surface area contributed by atoms with Crippen LogP contribution < -0.4 is 0 Å². The minimum absolute atomic E-state index is 0.259. The Balaban J connectivity index is 2.60. The van der Waals surface area contributed by atoms with Crippen molar-refractivity contribution >= 4 is 39.9 Å². The fraction of sp³-hybridized carbons (Fsp3) is 0. The molecule has 7 heteroatoms. The number of tetrazole rings is 1. The molecular weight excluding hydrogens is 237 g/mol. The summed E-state index contributed by atoms with van der Waals surface area (Å²) in [7, 11) is 0. The zero-order chi connectivity index (χ0) is 10.4. The molecule has 0 spiro atoms. The van der Waals surface area contributed by atoms with Gasteiger partial charge in [-0.25, -0.2) is 4.98 Å². The number of halogens is 2. The minimum Gasteiger partial charge on any atom is -0.230 e. The lowest BCUT2D eigenvalue weighted by atomic mass is 10.3. The van der Waals surface area contributed by atoms with E-state index in [-0.39, 0.29) is 5.15 Å². The Bertz CT molecular complexity index is 662. The van der Waals surface area contributed by atoms with Crippen LogP contribution in [0.5, 0.6) is 0 Å². The number of rotatable bonds is 0. The lowest BCUT2D eigenvalue weighted by Crippen LogP contribution is -1.94. The lowest BCUT2D eigenvalue weighted by Gasteiger charge is -2.00. The first kappa shape index (κ1) is 8.82. The maximum Gasteiger partial charge on any atom is 0.217 e. The molecule has 3 aromatic rings.